The summed E-state index contributed by atoms with van der Waals surface area (Å²) in [5.74, 6) is 0.918. The highest BCUT2D eigenvalue weighted by molar-refractivity contribution is 6.05. The van der Waals surface area contributed by atoms with Gasteiger partial charge >= 0.3 is 0 Å². The highest BCUT2D eigenvalue weighted by Gasteiger charge is 2.23. The Hall–Kier alpha value is -3.22. The van der Waals surface area contributed by atoms with Crippen LogP contribution in [0.5, 0.6) is 0 Å². The van der Waals surface area contributed by atoms with E-state index in [0.717, 1.165) is 30.6 Å². The van der Waals surface area contributed by atoms with Crippen molar-refractivity contribution in [3.63, 3.8) is 0 Å². The first-order valence-corrected chi connectivity index (χ1v) is 9.04. The van der Waals surface area contributed by atoms with Crippen molar-refractivity contribution in [2.45, 2.75) is 33.2 Å². The lowest BCUT2D eigenvalue weighted by Crippen LogP contribution is -2.21. The van der Waals surface area contributed by atoms with Crippen molar-refractivity contribution >= 4 is 11.6 Å². The Bertz CT molecular complexity index is 1050. The lowest BCUT2D eigenvalue weighted by Gasteiger charge is -2.20. The molecule has 0 fully saturated rings. The number of amides is 1. The van der Waals surface area contributed by atoms with Crippen LogP contribution in [0.1, 0.15) is 35.1 Å². The number of nitrogens with zero attached hydrogens (tertiary/aromatic N) is 3. The Labute approximate surface area is 156 Å². The van der Waals surface area contributed by atoms with Crippen LogP contribution in [0.3, 0.4) is 0 Å². The summed E-state index contributed by atoms with van der Waals surface area (Å²) < 4.78 is 1.93. The van der Waals surface area contributed by atoms with Gasteiger partial charge in [-0.2, -0.15) is 5.10 Å². The zero-order chi connectivity index (χ0) is 19.0. The van der Waals surface area contributed by atoms with Crippen LogP contribution in [-0.2, 0) is 13.0 Å². The van der Waals surface area contributed by atoms with E-state index in [-0.39, 0.29) is 11.5 Å². The molecule has 0 spiro atoms. The van der Waals surface area contributed by atoms with Gasteiger partial charge in [0, 0.05) is 29.6 Å². The number of carbonyl (C=O) groups is 1. The third-order valence-electron chi connectivity index (χ3n) is 4.85. The number of hydrogen-bond acceptors (Lipinski definition) is 4. The Morgan fingerprint density at radius 1 is 1.30 bits per heavy atom. The number of anilines is 1. The lowest BCUT2D eigenvalue weighted by atomic mass is 9.96. The van der Waals surface area contributed by atoms with E-state index in [1.165, 1.54) is 6.07 Å². The van der Waals surface area contributed by atoms with Crippen LogP contribution in [-0.4, -0.2) is 25.7 Å². The minimum atomic E-state index is -0.185. The predicted octanol–water partition coefficient (Wildman–Crippen LogP) is 2.78. The van der Waals surface area contributed by atoms with E-state index in [9.17, 15) is 9.59 Å². The molecule has 2 aromatic heterocycles. The summed E-state index contributed by atoms with van der Waals surface area (Å²) in [6.45, 7) is 4.83. The first kappa shape index (κ1) is 17.2. The van der Waals surface area contributed by atoms with Gasteiger partial charge in [-0.25, -0.2) is 4.98 Å². The zero-order valence-corrected chi connectivity index (χ0v) is 15.3. The molecule has 7 heteroatoms. The van der Waals surface area contributed by atoms with E-state index >= 15 is 0 Å². The monoisotopic (exact) mass is 363 g/mol. The maximum absolute atomic E-state index is 12.7. The molecule has 0 bridgehead atoms. The molecule has 0 saturated heterocycles. The zero-order valence-electron chi connectivity index (χ0n) is 15.3. The third-order valence-corrected chi connectivity index (χ3v) is 4.85. The molecule has 1 unspecified atom stereocenters. The number of nitrogens with one attached hydrogen (secondary N) is 2. The normalized spacial score (nSPS) is 16.0. The Morgan fingerprint density at radius 2 is 2.07 bits per heavy atom. The van der Waals surface area contributed by atoms with Crippen LogP contribution in [0.25, 0.3) is 11.4 Å². The van der Waals surface area contributed by atoms with Crippen LogP contribution in [0.2, 0.25) is 0 Å². The number of fused-ring (bicyclic) bond motifs is 1. The molecule has 0 saturated carbocycles. The number of aromatic amines is 1. The largest absolute Gasteiger partial charge is 0.322 e. The average Bonchev–Trinajstić information content (AvgIpc) is 3.04. The fraction of sp³-hybridized carbons (Fsp3) is 0.300. The van der Waals surface area contributed by atoms with Gasteiger partial charge in [-0.05, 0) is 49.9 Å². The number of rotatable bonds is 3. The highest BCUT2D eigenvalue weighted by atomic mass is 16.1. The summed E-state index contributed by atoms with van der Waals surface area (Å²) in [6, 6.07) is 8.69. The van der Waals surface area contributed by atoms with Gasteiger partial charge in [0.05, 0.1) is 17.5 Å². The van der Waals surface area contributed by atoms with Crippen LogP contribution >= 0.6 is 0 Å². The molecule has 2 N–H and O–H groups in total. The topological polar surface area (TPSA) is 92.7 Å². The van der Waals surface area contributed by atoms with Crippen molar-refractivity contribution in [3.05, 3.63) is 63.8 Å². The van der Waals surface area contributed by atoms with Gasteiger partial charge in [0.2, 0.25) is 0 Å². The molecule has 138 valence electrons. The molecule has 27 heavy (non-hydrogen) atoms. The second-order valence-corrected chi connectivity index (χ2v) is 7.09. The second-order valence-electron chi connectivity index (χ2n) is 7.09. The maximum atomic E-state index is 12.7. The van der Waals surface area contributed by atoms with Crippen LogP contribution < -0.4 is 10.9 Å². The van der Waals surface area contributed by atoms with Gasteiger partial charge in [-0.1, -0.05) is 6.92 Å². The molecule has 1 amide bonds. The second kappa shape index (κ2) is 6.83. The molecule has 4 rings (SSSR count). The number of aromatic nitrogens is 4. The molecule has 3 aromatic rings. The SMILES string of the molecule is Cc1cc(=O)[nH]c(-c2ccc(NC(=O)c3cnn4c3CC(C)CC4)cc2)n1. The van der Waals surface area contributed by atoms with Gasteiger partial charge in [0.1, 0.15) is 5.82 Å². The van der Waals surface area contributed by atoms with Gasteiger partial charge in [0.15, 0.2) is 0 Å². The summed E-state index contributed by atoms with van der Waals surface area (Å²) in [4.78, 5) is 31.3. The Morgan fingerprint density at radius 3 is 2.81 bits per heavy atom. The maximum Gasteiger partial charge on any atom is 0.259 e. The Kier molecular flexibility index (Phi) is 4.35. The molecule has 1 atom stereocenters. The van der Waals surface area contributed by atoms with Gasteiger partial charge in [-0.3, -0.25) is 14.3 Å². The quantitative estimate of drug-likeness (QED) is 0.748. The third kappa shape index (κ3) is 3.53. The number of hydrogen-bond donors (Lipinski definition) is 2. The van der Waals surface area contributed by atoms with Crippen molar-refractivity contribution in [2.75, 3.05) is 5.32 Å². The number of benzene rings is 1. The van der Waals surface area contributed by atoms with Gasteiger partial charge in [0.25, 0.3) is 11.5 Å². The minimum absolute atomic E-state index is 0.153. The molecular weight excluding hydrogens is 342 g/mol. The molecule has 1 aromatic carbocycles. The molecule has 0 radical (unpaired) electrons. The van der Waals surface area contributed by atoms with E-state index in [4.69, 9.17) is 0 Å². The van der Waals surface area contributed by atoms with Crippen molar-refractivity contribution in [2.24, 2.45) is 5.92 Å². The van der Waals surface area contributed by atoms with Crippen molar-refractivity contribution in [3.8, 4) is 11.4 Å². The molecule has 1 aliphatic heterocycles. The van der Waals surface area contributed by atoms with E-state index in [1.807, 2.05) is 16.8 Å². The first-order chi connectivity index (χ1) is 13.0. The molecule has 7 nitrogen and oxygen atoms in total. The van der Waals surface area contributed by atoms with Crippen molar-refractivity contribution in [1.29, 1.82) is 0 Å². The summed E-state index contributed by atoms with van der Waals surface area (Å²) in [7, 11) is 0. The van der Waals surface area contributed by atoms with Crippen LogP contribution in [0, 0.1) is 12.8 Å². The molecule has 0 aliphatic carbocycles. The number of H-pyrrole nitrogens is 1. The lowest BCUT2D eigenvalue weighted by molar-refractivity contribution is 0.102. The van der Waals surface area contributed by atoms with E-state index < -0.39 is 0 Å². The standard InChI is InChI=1S/C20H21N5O2/c1-12-7-8-25-17(9-12)16(11-21-25)20(27)23-15-5-3-14(4-6-15)19-22-13(2)10-18(26)24-19/h3-6,10-12H,7-9H2,1-2H3,(H,23,27)(H,22,24,26). The summed E-state index contributed by atoms with van der Waals surface area (Å²) in [5, 5.41) is 7.26. The molecular formula is C20H21N5O2. The van der Waals surface area contributed by atoms with Gasteiger partial charge in [-0.15, -0.1) is 0 Å². The molecule has 1 aliphatic rings. The van der Waals surface area contributed by atoms with Crippen molar-refractivity contribution < 1.29 is 4.79 Å². The van der Waals surface area contributed by atoms with Crippen LogP contribution in [0.4, 0.5) is 5.69 Å². The Balaban J connectivity index is 1.53. The number of carbonyl (C=O) groups excluding carboxylic acids is 1. The van der Waals surface area contributed by atoms with E-state index in [0.29, 0.717) is 28.7 Å². The fourth-order valence-corrected chi connectivity index (χ4v) is 3.41. The molecule has 3 heterocycles. The first-order valence-electron chi connectivity index (χ1n) is 9.04. The predicted molar refractivity (Wildman–Crippen MR) is 103 cm³/mol. The summed E-state index contributed by atoms with van der Waals surface area (Å²) in [5.41, 5.74) is 3.58. The van der Waals surface area contributed by atoms with E-state index in [1.54, 1.807) is 25.3 Å². The summed E-state index contributed by atoms with van der Waals surface area (Å²) in [6.07, 6.45) is 3.61. The van der Waals surface area contributed by atoms with Gasteiger partial charge < -0.3 is 10.3 Å². The number of aryl methyl sites for hydroxylation is 2. The fourth-order valence-electron chi connectivity index (χ4n) is 3.41. The highest BCUT2D eigenvalue weighted by Crippen LogP contribution is 2.24. The van der Waals surface area contributed by atoms with Crippen molar-refractivity contribution in [1.82, 2.24) is 19.7 Å². The summed E-state index contributed by atoms with van der Waals surface area (Å²) >= 11 is 0. The smallest absolute Gasteiger partial charge is 0.259 e. The minimum Gasteiger partial charge on any atom is -0.322 e. The van der Waals surface area contributed by atoms with Crippen LogP contribution in [0.15, 0.2) is 41.3 Å². The van der Waals surface area contributed by atoms with E-state index in [2.05, 4.69) is 27.3 Å². The average molecular weight is 363 g/mol.